The van der Waals surface area contributed by atoms with Crippen molar-refractivity contribution in [2.75, 3.05) is 19.8 Å². The molecule has 0 radical (unpaired) electrons. The van der Waals surface area contributed by atoms with Gasteiger partial charge in [0, 0.05) is 19.8 Å². The van der Waals surface area contributed by atoms with Crippen molar-refractivity contribution >= 4 is 11.9 Å². The lowest BCUT2D eigenvalue weighted by molar-refractivity contribution is -0.120. The van der Waals surface area contributed by atoms with E-state index in [1.807, 2.05) is 6.92 Å². The van der Waals surface area contributed by atoms with Crippen molar-refractivity contribution in [1.29, 1.82) is 0 Å². The number of rotatable bonds is 8. The van der Waals surface area contributed by atoms with Gasteiger partial charge in [-0.25, -0.2) is 4.79 Å². The van der Waals surface area contributed by atoms with Crippen LogP contribution in [-0.2, 0) is 16.0 Å². The maximum atomic E-state index is 11.6. The van der Waals surface area contributed by atoms with Gasteiger partial charge in [-0.15, -0.1) is 0 Å². The first-order valence-corrected chi connectivity index (χ1v) is 6.30. The highest BCUT2D eigenvalue weighted by atomic mass is 16.5. The molecular weight excluding hydrogens is 246 g/mol. The minimum absolute atomic E-state index is 0.112. The van der Waals surface area contributed by atoms with E-state index in [0.717, 1.165) is 6.42 Å². The van der Waals surface area contributed by atoms with Gasteiger partial charge < -0.3 is 15.2 Å². The third kappa shape index (κ3) is 6.01. The fraction of sp³-hybridized carbons (Fsp3) is 0.429. The van der Waals surface area contributed by atoms with Gasteiger partial charge in [0.05, 0.1) is 12.0 Å². The Morgan fingerprint density at radius 2 is 2.16 bits per heavy atom. The fourth-order valence-electron chi connectivity index (χ4n) is 1.61. The fourth-order valence-corrected chi connectivity index (χ4v) is 1.61. The number of hydrogen-bond acceptors (Lipinski definition) is 3. The molecule has 1 aromatic rings. The molecule has 19 heavy (non-hydrogen) atoms. The second-order valence-electron chi connectivity index (χ2n) is 4.08. The molecule has 0 heterocycles. The van der Waals surface area contributed by atoms with Crippen LogP contribution in [0.15, 0.2) is 24.3 Å². The van der Waals surface area contributed by atoms with Crippen LogP contribution in [-0.4, -0.2) is 36.7 Å². The van der Waals surface area contributed by atoms with Crippen LogP contribution < -0.4 is 5.32 Å². The number of benzene rings is 1. The molecule has 5 heteroatoms. The van der Waals surface area contributed by atoms with Crippen molar-refractivity contribution in [3.05, 3.63) is 35.4 Å². The molecule has 0 bridgehead atoms. The smallest absolute Gasteiger partial charge is 0.335 e. The largest absolute Gasteiger partial charge is 0.478 e. The summed E-state index contributed by atoms with van der Waals surface area (Å²) in [6, 6.07) is 6.40. The first-order chi connectivity index (χ1) is 9.13. The van der Waals surface area contributed by atoms with Gasteiger partial charge in [-0.1, -0.05) is 12.1 Å². The molecule has 0 unspecified atom stereocenters. The third-order valence-electron chi connectivity index (χ3n) is 2.53. The third-order valence-corrected chi connectivity index (χ3v) is 2.53. The van der Waals surface area contributed by atoms with Gasteiger partial charge >= 0.3 is 5.97 Å². The SMILES string of the molecule is CCOCCCNC(=O)Cc1cccc(C(=O)O)c1. The number of amides is 1. The first-order valence-electron chi connectivity index (χ1n) is 6.30. The molecule has 0 saturated heterocycles. The molecule has 2 N–H and O–H groups in total. The summed E-state index contributed by atoms with van der Waals surface area (Å²) in [7, 11) is 0. The lowest BCUT2D eigenvalue weighted by Crippen LogP contribution is -2.26. The van der Waals surface area contributed by atoms with Gasteiger partial charge in [0.25, 0.3) is 0 Å². The summed E-state index contributed by atoms with van der Waals surface area (Å²) in [6.45, 7) is 3.80. The molecule has 0 spiro atoms. The van der Waals surface area contributed by atoms with E-state index in [1.54, 1.807) is 12.1 Å². The van der Waals surface area contributed by atoms with E-state index < -0.39 is 5.97 Å². The maximum absolute atomic E-state index is 11.6. The predicted octanol–water partition coefficient (Wildman–Crippen LogP) is 1.47. The molecule has 0 fully saturated rings. The molecular formula is C14H19NO4. The first kappa shape index (κ1) is 15.2. The van der Waals surface area contributed by atoms with Crippen molar-refractivity contribution in [1.82, 2.24) is 5.32 Å². The minimum Gasteiger partial charge on any atom is -0.478 e. The highest BCUT2D eigenvalue weighted by Crippen LogP contribution is 2.06. The Hall–Kier alpha value is -1.88. The quantitative estimate of drug-likeness (QED) is 0.698. The molecule has 0 saturated carbocycles. The van der Waals surface area contributed by atoms with Gasteiger partial charge in [-0.3, -0.25) is 4.79 Å². The molecule has 5 nitrogen and oxygen atoms in total. The monoisotopic (exact) mass is 265 g/mol. The summed E-state index contributed by atoms with van der Waals surface area (Å²) in [4.78, 5) is 22.4. The number of carboxylic acids is 1. The minimum atomic E-state index is -0.987. The van der Waals surface area contributed by atoms with E-state index in [4.69, 9.17) is 9.84 Å². The summed E-state index contributed by atoms with van der Waals surface area (Å²) in [5, 5.41) is 11.6. The Bertz CT molecular complexity index is 431. The van der Waals surface area contributed by atoms with E-state index in [0.29, 0.717) is 25.3 Å². The summed E-state index contributed by atoms with van der Waals surface area (Å²) in [5.41, 5.74) is 0.892. The number of ether oxygens (including phenoxy) is 1. The van der Waals surface area contributed by atoms with E-state index in [2.05, 4.69) is 5.32 Å². The number of carbonyl (C=O) groups is 2. The van der Waals surface area contributed by atoms with Crippen LogP contribution in [0.3, 0.4) is 0 Å². The summed E-state index contributed by atoms with van der Waals surface area (Å²) in [5.74, 6) is -1.10. The molecule has 0 aromatic heterocycles. The topological polar surface area (TPSA) is 75.6 Å². The average Bonchev–Trinajstić information content (AvgIpc) is 2.38. The van der Waals surface area contributed by atoms with Gasteiger partial charge in [0.2, 0.25) is 5.91 Å². The lowest BCUT2D eigenvalue weighted by Gasteiger charge is -2.06. The van der Waals surface area contributed by atoms with Crippen molar-refractivity contribution in [3.63, 3.8) is 0 Å². The Morgan fingerprint density at radius 1 is 1.37 bits per heavy atom. The second kappa shape index (κ2) is 8.26. The Labute approximate surface area is 112 Å². The van der Waals surface area contributed by atoms with Crippen LogP contribution in [0.1, 0.15) is 29.3 Å². The standard InChI is InChI=1S/C14H19NO4/c1-2-19-8-4-7-15-13(16)10-11-5-3-6-12(9-11)14(17)18/h3,5-6,9H,2,4,7-8,10H2,1H3,(H,15,16)(H,17,18). The maximum Gasteiger partial charge on any atom is 0.335 e. The molecule has 1 amide bonds. The molecule has 0 aliphatic heterocycles. The van der Waals surface area contributed by atoms with E-state index in [-0.39, 0.29) is 17.9 Å². The Kier molecular flexibility index (Phi) is 6.60. The molecule has 1 rings (SSSR count). The molecule has 0 atom stereocenters. The number of hydrogen-bond donors (Lipinski definition) is 2. The van der Waals surface area contributed by atoms with Crippen LogP contribution >= 0.6 is 0 Å². The van der Waals surface area contributed by atoms with E-state index in [1.165, 1.54) is 12.1 Å². The van der Waals surface area contributed by atoms with Crippen LogP contribution in [0.5, 0.6) is 0 Å². The highest BCUT2D eigenvalue weighted by molar-refractivity contribution is 5.88. The number of carboxylic acid groups (broad SMARTS) is 1. The van der Waals surface area contributed by atoms with Crippen molar-refractivity contribution in [3.8, 4) is 0 Å². The lowest BCUT2D eigenvalue weighted by atomic mass is 10.1. The van der Waals surface area contributed by atoms with Gasteiger partial charge in [-0.2, -0.15) is 0 Å². The molecule has 0 aliphatic rings. The van der Waals surface area contributed by atoms with Crippen molar-refractivity contribution in [2.24, 2.45) is 0 Å². The Balaban J connectivity index is 2.35. The molecule has 1 aromatic carbocycles. The van der Waals surface area contributed by atoms with Gasteiger partial charge in [-0.05, 0) is 31.0 Å². The Morgan fingerprint density at radius 3 is 2.84 bits per heavy atom. The van der Waals surface area contributed by atoms with Crippen molar-refractivity contribution in [2.45, 2.75) is 19.8 Å². The predicted molar refractivity (Wildman–Crippen MR) is 71.2 cm³/mol. The summed E-state index contributed by atoms with van der Waals surface area (Å²) in [6.07, 6.45) is 0.963. The average molecular weight is 265 g/mol. The zero-order valence-electron chi connectivity index (χ0n) is 11.0. The van der Waals surface area contributed by atoms with Gasteiger partial charge in [0.1, 0.15) is 0 Å². The van der Waals surface area contributed by atoms with Gasteiger partial charge in [0.15, 0.2) is 0 Å². The number of carbonyl (C=O) groups excluding carboxylic acids is 1. The van der Waals surface area contributed by atoms with Crippen LogP contribution in [0.25, 0.3) is 0 Å². The zero-order chi connectivity index (χ0) is 14.1. The van der Waals surface area contributed by atoms with Crippen LogP contribution in [0, 0.1) is 0 Å². The number of aromatic carboxylic acids is 1. The molecule has 0 aliphatic carbocycles. The summed E-state index contributed by atoms with van der Waals surface area (Å²) >= 11 is 0. The normalized spacial score (nSPS) is 10.2. The highest BCUT2D eigenvalue weighted by Gasteiger charge is 2.06. The zero-order valence-corrected chi connectivity index (χ0v) is 11.0. The van der Waals surface area contributed by atoms with Crippen molar-refractivity contribution < 1.29 is 19.4 Å². The second-order valence-corrected chi connectivity index (χ2v) is 4.08. The summed E-state index contributed by atoms with van der Waals surface area (Å²) < 4.78 is 5.16. The van der Waals surface area contributed by atoms with E-state index >= 15 is 0 Å². The molecule has 104 valence electrons. The number of nitrogens with one attached hydrogen (secondary N) is 1. The van der Waals surface area contributed by atoms with Crippen LogP contribution in [0.4, 0.5) is 0 Å². The van der Waals surface area contributed by atoms with Crippen LogP contribution in [0.2, 0.25) is 0 Å². The van der Waals surface area contributed by atoms with E-state index in [9.17, 15) is 9.59 Å².